The van der Waals surface area contributed by atoms with Gasteiger partial charge in [0.25, 0.3) is 0 Å². The molecule has 2 aliphatic rings. The van der Waals surface area contributed by atoms with Crippen LogP contribution in [-0.2, 0) is 28.5 Å². The van der Waals surface area contributed by atoms with E-state index in [-0.39, 0.29) is 44.1 Å². The Morgan fingerprint density at radius 3 is 2.20 bits per heavy atom. The molecule has 1 aliphatic heterocycles. The molecular formula is C39H34F6N2O7. The number of halogens is 6. The van der Waals surface area contributed by atoms with E-state index in [1.165, 1.54) is 0 Å². The first-order valence-electron chi connectivity index (χ1n) is 16.9. The van der Waals surface area contributed by atoms with Crippen LogP contribution in [0.15, 0.2) is 101 Å². The molecule has 0 spiro atoms. The number of aromatic nitrogens is 1. The van der Waals surface area contributed by atoms with E-state index >= 15 is 0 Å². The highest BCUT2D eigenvalue weighted by molar-refractivity contribution is 6.22. The minimum absolute atomic E-state index is 0.0115. The van der Waals surface area contributed by atoms with Crippen LogP contribution in [0.1, 0.15) is 47.6 Å². The monoisotopic (exact) mass is 756 g/mol. The predicted octanol–water partition coefficient (Wildman–Crippen LogP) is 7.08. The second kappa shape index (κ2) is 15.6. The van der Waals surface area contributed by atoms with Gasteiger partial charge in [0.2, 0.25) is 11.8 Å². The predicted molar refractivity (Wildman–Crippen MR) is 182 cm³/mol. The van der Waals surface area contributed by atoms with Crippen LogP contribution < -0.4 is 9.64 Å². The van der Waals surface area contributed by atoms with Crippen molar-refractivity contribution in [2.24, 2.45) is 17.8 Å². The Morgan fingerprint density at radius 1 is 0.926 bits per heavy atom. The van der Waals surface area contributed by atoms with Crippen LogP contribution in [0.5, 0.6) is 5.75 Å². The Balaban J connectivity index is 1.36. The average molecular weight is 757 g/mol. The standard InChI is InChI=1S/C39H34F6N2O7/c40-38(41,42)24-16-25(39(43,44)45)18-26(17-24)47-36(51)30-15-23(21-53-27-6-2-1-3-7-27)34(31(20-49)35(30)37(47)52)33(50)12-9-22(32-8-4-5-13-46-32)14-28-10-11-29(19-48)54-28/h1-8,10-11,13-14,16-18,30-31,33,35,48-50H,9,12,15,19-21H2/b22-14-/t30-,31+,33-,35-/m1/s1. The average Bonchev–Trinajstić information content (AvgIpc) is 3.72. The first-order valence-corrected chi connectivity index (χ1v) is 16.9. The molecule has 3 heterocycles. The zero-order chi connectivity index (χ0) is 38.8. The highest BCUT2D eigenvalue weighted by Crippen LogP contribution is 2.49. The normalized spacial score (nSPS) is 20.1. The molecule has 3 N–H and O–H groups in total. The molecule has 2 amide bonds. The maximum atomic E-state index is 14.0. The Morgan fingerprint density at radius 2 is 1.61 bits per heavy atom. The number of carbonyl (C=O) groups is 2. The van der Waals surface area contributed by atoms with E-state index in [0.717, 1.165) is 0 Å². The molecular weight excluding hydrogens is 722 g/mol. The number of nitrogens with zero attached hydrogens (tertiary/aromatic N) is 2. The van der Waals surface area contributed by atoms with Crippen LogP contribution in [-0.4, -0.2) is 51.4 Å². The molecule has 0 radical (unpaired) electrons. The molecule has 4 aromatic rings. The number of furan rings is 1. The van der Waals surface area contributed by atoms with Gasteiger partial charge < -0.3 is 24.5 Å². The number of hydrogen-bond acceptors (Lipinski definition) is 8. The van der Waals surface area contributed by atoms with Crippen LogP contribution >= 0.6 is 0 Å². The van der Waals surface area contributed by atoms with Gasteiger partial charge in [-0.3, -0.25) is 14.6 Å². The molecule has 4 atom stereocenters. The molecule has 0 bridgehead atoms. The molecule has 0 saturated carbocycles. The maximum absolute atomic E-state index is 14.0. The van der Waals surface area contributed by atoms with Crippen molar-refractivity contribution in [2.45, 2.75) is 44.3 Å². The smallest absolute Gasteiger partial charge is 0.416 e. The van der Waals surface area contributed by atoms with Gasteiger partial charge in [-0.15, -0.1) is 0 Å². The third-order valence-electron chi connectivity index (χ3n) is 9.56. The fourth-order valence-electron chi connectivity index (χ4n) is 7.10. The van der Waals surface area contributed by atoms with Gasteiger partial charge in [0.05, 0.1) is 47.1 Å². The van der Waals surface area contributed by atoms with Gasteiger partial charge >= 0.3 is 12.4 Å². The number of hydrogen-bond donors (Lipinski definition) is 3. The molecule has 1 fully saturated rings. The molecule has 9 nitrogen and oxygen atoms in total. The molecule has 6 rings (SSSR count). The zero-order valence-corrected chi connectivity index (χ0v) is 28.3. The highest BCUT2D eigenvalue weighted by atomic mass is 19.4. The molecule has 0 unspecified atom stereocenters. The van der Waals surface area contributed by atoms with Gasteiger partial charge in [-0.05, 0) is 96.7 Å². The number of pyridine rings is 1. The number of rotatable bonds is 12. The van der Waals surface area contributed by atoms with Gasteiger partial charge in [-0.2, -0.15) is 26.3 Å². The summed E-state index contributed by atoms with van der Waals surface area (Å²) in [5.74, 6) is -4.95. The number of amides is 2. The van der Waals surface area contributed by atoms with Crippen molar-refractivity contribution in [3.05, 3.63) is 125 Å². The Kier molecular flexibility index (Phi) is 11.1. The van der Waals surface area contributed by atoms with Gasteiger partial charge in [0.1, 0.15) is 30.5 Å². The number of fused-ring (bicyclic) bond motifs is 1. The Hall–Kier alpha value is -5.25. The Labute approximate surface area is 304 Å². The van der Waals surface area contributed by atoms with Gasteiger partial charge in [0.15, 0.2) is 0 Å². The summed E-state index contributed by atoms with van der Waals surface area (Å²) in [5, 5.41) is 32.1. The minimum Gasteiger partial charge on any atom is -0.489 e. The summed E-state index contributed by atoms with van der Waals surface area (Å²) >= 11 is 0. The molecule has 54 heavy (non-hydrogen) atoms. The van der Waals surface area contributed by atoms with Crippen molar-refractivity contribution in [1.29, 1.82) is 0 Å². The van der Waals surface area contributed by atoms with Crippen LogP contribution in [0.2, 0.25) is 0 Å². The van der Waals surface area contributed by atoms with Crippen molar-refractivity contribution in [1.82, 2.24) is 4.98 Å². The highest BCUT2D eigenvalue weighted by Gasteiger charge is 2.56. The fourth-order valence-corrected chi connectivity index (χ4v) is 7.10. The molecule has 2 aromatic heterocycles. The molecule has 284 valence electrons. The number of ether oxygens (including phenoxy) is 1. The van der Waals surface area contributed by atoms with Crippen molar-refractivity contribution in [3.8, 4) is 5.75 Å². The summed E-state index contributed by atoms with van der Waals surface area (Å²) in [6.07, 6.45) is -8.65. The number of benzene rings is 2. The Bertz CT molecular complexity index is 2010. The number of carbonyl (C=O) groups excluding carboxylic acids is 2. The first kappa shape index (κ1) is 38.5. The zero-order valence-electron chi connectivity index (χ0n) is 28.3. The van der Waals surface area contributed by atoms with E-state index in [1.807, 2.05) is 0 Å². The quantitative estimate of drug-likeness (QED) is 0.0794. The second-order valence-corrected chi connectivity index (χ2v) is 13.0. The summed E-state index contributed by atoms with van der Waals surface area (Å²) in [5.41, 5.74) is -2.63. The topological polar surface area (TPSA) is 133 Å². The third kappa shape index (κ3) is 8.12. The van der Waals surface area contributed by atoms with Crippen LogP contribution in [0.3, 0.4) is 0 Å². The van der Waals surface area contributed by atoms with Gasteiger partial charge in [0, 0.05) is 12.1 Å². The lowest BCUT2D eigenvalue weighted by Crippen LogP contribution is -2.40. The number of imide groups is 1. The van der Waals surface area contributed by atoms with Crippen molar-refractivity contribution >= 4 is 29.2 Å². The van der Waals surface area contributed by atoms with E-state index in [1.54, 1.807) is 72.9 Å². The molecule has 15 heteroatoms. The molecule has 1 saturated heterocycles. The number of aliphatic hydroxyl groups is 3. The molecule has 2 aromatic carbocycles. The number of allylic oxidation sites excluding steroid dienone is 1. The lowest BCUT2D eigenvalue weighted by atomic mass is 9.68. The summed E-state index contributed by atoms with van der Waals surface area (Å²) in [6, 6.07) is 17.5. The minimum atomic E-state index is -5.23. The summed E-state index contributed by atoms with van der Waals surface area (Å²) in [7, 11) is 0. The van der Waals surface area contributed by atoms with Crippen molar-refractivity contribution in [2.75, 3.05) is 18.1 Å². The largest absolute Gasteiger partial charge is 0.489 e. The summed E-state index contributed by atoms with van der Waals surface area (Å²) in [4.78, 5) is 32.6. The number of aliphatic hydroxyl groups excluding tert-OH is 3. The first-order chi connectivity index (χ1) is 25.7. The van der Waals surface area contributed by atoms with Crippen LogP contribution in [0.4, 0.5) is 32.0 Å². The van der Waals surface area contributed by atoms with E-state index in [4.69, 9.17) is 9.15 Å². The van der Waals surface area contributed by atoms with E-state index in [0.29, 0.717) is 51.1 Å². The summed E-state index contributed by atoms with van der Waals surface area (Å²) < 4.78 is 94.2. The number of alkyl halides is 6. The number of anilines is 1. The van der Waals surface area contributed by atoms with E-state index < -0.39 is 71.4 Å². The third-order valence-corrected chi connectivity index (χ3v) is 9.56. The van der Waals surface area contributed by atoms with Gasteiger partial charge in [-0.25, -0.2) is 4.90 Å². The van der Waals surface area contributed by atoms with Crippen LogP contribution in [0, 0.1) is 17.8 Å². The van der Waals surface area contributed by atoms with Crippen molar-refractivity contribution in [3.63, 3.8) is 0 Å². The second-order valence-electron chi connectivity index (χ2n) is 13.0. The van der Waals surface area contributed by atoms with E-state index in [2.05, 4.69) is 4.98 Å². The lowest BCUT2D eigenvalue weighted by molar-refractivity contribution is -0.143. The fraction of sp³-hybridized carbons (Fsp3) is 0.308. The maximum Gasteiger partial charge on any atom is 0.416 e. The van der Waals surface area contributed by atoms with Crippen molar-refractivity contribution < 1.29 is 60.4 Å². The van der Waals surface area contributed by atoms with Crippen LogP contribution in [0.25, 0.3) is 11.6 Å². The molecule has 1 aliphatic carbocycles. The lowest BCUT2D eigenvalue weighted by Gasteiger charge is -2.36. The van der Waals surface area contributed by atoms with E-state index in [9.17, 15) is 51.3 Å². The summed E-state index contributed by atoms with van der Waals surface area (Å²) in [6.45, 7) is -1.32. The number of para-hydroxylation sites is 1. The van der Waals surface area contributed by atoms with Gasteiger partial charge in [-0.1, -0.05) is 24.3 Å². The SMILES string of the molecule is O=C1[C@@H]2[C@@H](CC(COc3ccccc3)=C([C@H](O)CC/C(=C/c3ccc(CO)o3)c3ccccn3)[C@@H]2CO)C(=O)N1c1cc(C(F)(F)F)cc(C(F)(F)F)c1.